The van der Waals surface area contributed by atoms with Crippen molar-refractivity contribution in [3.63, 3.8) is 0 Å². The van der Waals surface area contributed by atoms with Crippen molar-refractivity contribution >= 4 is 22.6 Å². The predicted octanol–water partition coefficient (Wildman–Crippen LogP) is 3.77. The fraction of sp³-hybridized carbons (Fsp3) is 0.167. The van der Waals surface area contributed by atoms with Crippen molar-refractivity contribution in [2.45, 2.75) is 13.5 Å². The molecule has 15 heavy (non-hydrogen) atoms. The molecule has 0 spiro atoms. The van der Waals surface area contributed by atoms with Gasteiger partial charge in [-0.25, -0.2) is 0 Å². The van der Waals surface area contributed by atoms with Gasteiger partial charge in [0.25, 0.3) is 0 Å². The van der Waals surface area contributed by atoms with Gasteiger partial charge >= 0.3 is 0 Å². The van der Waals surface area contributed by atoms with E-state index >= 15 is 0 Å². The van der Waals surface area contributed by atoms with E-state index in [0.29, 0.717) is 6.61 Å². The van der Waals surface area contributed by atoms with E-state index < -0.39 is 0 Å². The quantitative estimate of drug-likeness (QED) is 0.805. The van der Waals surface area contributed by atoms with Gasteiger partial charge in [0.2, 0.25) is 0 Å². The molecule has 0 fully saturated rings. The van der Waals surface area contributed by atoms with Gasteiger partial charge in [-0.3, -0.25) is 0 Å². The molecule has 0 saturated carbocycles. The summed E-state index contributed by atoms with van der Waals surface area (Å²) in [6.07, 6.45) is 0. The monoisotopic (exact) mass is 314 g/mol. The van der Waals surface area contributed by atoms with Crippen LogP contribution in [-0.4, -0.2) is 0 Å². The number of furan rings is 1. The van der Waals surface area contributed by atoms with Gasteiger partial charge in [-0.15, -0.1) is 0 Å². The van der Waals surface area contributed by atoms with Crippen LogP contribution in [0.5, 0.6) is 5.75 Å². The zero-order valence-corrected chi connectivity index (χ0v) is 10.5. The van der Waals surface area contributed by atoms with E-state index in [2.05, 4.69) is 22.6 Å². The van der Waals surface area contributed by atoms with Gasteiger partial charge in [0.05, 0.1) is 3.57 Å². The molecule has 78 valence electrons. The van der Waals surface area contributed by atoms with E-state index in [4.69, 9.17) is 9.15 Å². The summed E-state index contributed by atoms with van der Waals surface area (Å²) in [6, 6.07) is 11.8. The number of halogens is 1. The first kappa shape index (κ1) is 10.5. The second-order valence-electron chi connectivity index (χ2n) is 3.23. The molecule has 0 unspecified atom stereocenters. The molecule has 0 saturated heterocycles. The van der Waals surface area contributed by atoms with Crippen LogP contribution in [0.3, 0.4) is 0 Å². The van der Waals surface area contributed by atoms with Gasteiger partial charge in [-0.05, 0) is 53.8 Å². The van der Waals surface area contributed by atoms with Crippen molar-refractivity contribution in [2.75, 3.05) is 0 Å². The zero-order valence-electron chi connectivity index (χ0n) is 8.37. The van der Waals surface area contributed by atoms with Gasteiger partial charge < -0.3 is 9.15 Å². The molecule has 1 aromatic carbocycles. The smallest absolute Gasteiger partial charge is 0.146 e. The predicted molar refractivity (Wildman–Crippen MR) is 66.9 cm³/mol. The van der Waals surface area contributed by atoms with Gasteiger partial charge in [-0.1, -0.05) is 12.1 Å². The van der Waals surface area contributed by atoms with Crippen molar-refractivity contribution in [3.8, 4) is 5.75 Å². The largest absolute Gasteiger partial charge is 0.485 e. The summed E-state index contributed by atoms with van der Waals surface area (Å²) < 4.78 is 12.2. The third kappa shape index (κ3) is 2.75. The van der Waals surface area contributed by atoms with Crippen LogP contribution in [-0.2, 0) is 6.61 Å². The fourth-order valence-corrected chi connectivity index (χ4v) is 1.82. The van der Waals surface area contributed by atoms with E-state index in [-0.39, 0.29) is 0 Å². The number of benzene rings is 1. The average Bonchev–Trinajstić information content (AvgIpc) is 2.63. The van der Waals surface area contributed by atoms with Crippen LogP contribution < -0.4 is 4.74 Å². The Hall–Kier alpha value is -0.970. The normalized spacial score (nSPS) is 10.3. The molecule has 2 aromatic rings. The molecule has 1 aromatic heterocycles. The third-order valence-corrected chi connectivity index (χ3v) is 2.89. The lowest BCUT2D eigenvalue weighted by molar-refractivity contribution is 0.266. The van der Waals surface area contributed by atoms with Crippen LogP contribution in [0.4, 0.5) is 0 Å². The Labute approximate surface area is 102 Å². The van der Waals surface area contributed by atoms with Crippen LogP contribution in [0.25, 0.3) is 0 Å². The summed E-state index contributed by atoms with van der Waals surface area (Å²) in [7, 11) is 0. The highest BCUT2D eigenvalue weighted by Crippen LogP contribution is 2.21. The maximum atomic E-state index is 5.63. The Balaban J connectivity index is 2.02. The molecular weight excluding hydrogens is 303 g/mol. The Morgan fingerprint density at radius 1 is 1.20 bits per heavy atom. The molecule has 0 aliphatic rings. The summed E-state index contributed by atoms with van der Waals surface area (Å²) >= 11 is 2.25. The number of rotatable bonds is 3. The van der Waals surface area contributed by atoms with Crippen molar-refractivity contribution < 1.29 is 9.15 Å². The van der Waals surface area contributed by atoms with Gasteiger partial charge in [0, 0.05) is 0 Å². The lowest BCUT2D eigenvalue weighted by atomic mass is 10.3. The number of ether oxygens (including phenoxy) is 1. The SMILES string of the molecule is Cc1ccc(COc2ccccc2I)o1. The molecule has 1 heterocycles. The van der Waals surface area contributed by atoms with E-state index in [9.17, 15) is 0 Å². The highest BCUT2D eigenvalue weighted by atomic mass is 127. The highest BCUT2D eigenvalue weighted by Gasteiger charge is 2.02. The average molecular weight is 314 g/mol. The molecule has 3 heteroatoms. The number of aryl methyl sites for hydroxylation is 1. The van der Waals surface area contributed by atoms with Gasteiger partial charge in [0.1, 0.15) is 23.9 Å². The minimum absolute atomic E-state index is 0.480. The minimum Gasteiger partial charge on any atom is -0.485 e. The molecule has 0 amide bonds. The van der Waals surface area contributed by atoms with Crippen molar-refractivity contribution in [2.24, 2.45) is 0 Å². The van der Waals surface area contributed by atoms with Crippen LogP contribution in [0.15, 0.2) is 40.8 Å². The molecule has 2 rings (SSSR count). The van der Waals surface area contributed by atoms with E-state index in [1.54, 1.807) is 0 Å². The highest BCUT2D eigenvalue weighted by molar-refractivity contribution is 14.1. The molecule has 0 radical (unpaired) electrons. The molecule has 0 N–H and O–H groups in total. The first-order valence-corrected chi connectivity index (χ1v) is 5.76. The maximum Gasteiger partial charge on any atom is 0.146 e. The zero-order chi connectivity index (χ0) is 10.7. The topological polar surface area (TPSA) is 22.4 Å². The summed E-state index contributed by atoms with van der Waals surface area (Å²) in [5.41, 5.74) is 0. The van der Waals surface area contributed by atoms with Crippen molar-refractivity contribution in [1.29, 1.82) is 0 Å². The Kier molecular flexibility index (Phi) is 3.30. The second kappa shape index (κ2) is 4.70. The van der Waals surface area contributed by atoms with E-state index in [0.717, 1.165) is 20.8 Å². The molecule has 0 bridgehead atoms. The van der Waals surface area contributed by atoms with E-state index in [1.807, 2.05) is 43.3 Å². The van der Waals surface area contributed by atoms with Crippen LogP contribution in [0.1, 0.15) is 11.5 Å². The Bertz CT molecular complexity index is 448. The van der Waals surface area contributed by atoms with Crippen LogP contribution in [0.2, 0.25) is 0 Å². The first-order chi connectivity index (χ1) is 7.25. The lowest BCUT2D eigenvalue weighted by Gasteiger charge is -2.05. The fourth-order valence-electron chi connectivity index (χ4n) is 1.27. The second-order valence-corrected chi connectivity index (χ2v) is 4.39. The van der Waals surface area contributed by atoms with Gasteiger partial charge in [0.15, 0.2) is 0 Å². The summed E-state index contributed by atoms with van der Waals surface area (Å²) in [5.74, 6) is 2.66. The summed E-state index contributed by atoms with van der Waals surface area (Å²) in [5, 5.41) is 0. The molecular formula is C12H11IO2. The summed E-state index contributed by atoms with van der Waals surface area (Å²) in [4.78, 5) is 0. The summed E-state index contributed by atoms with van der Waals surface area (Å²) in [6.45, 7) is 2.41. The number of para-hydroxylation sites is 1. The Morgan fingerprint density at radius 2 is 2.00 bits per heavy atom. The molecule has 0 aliphatic carbocycles. The van der Waals surface area contributed by atoms with Gasteiger partial charge in [-0.2, -0.15) is 0 Å². The maximum absolute atomic E-state index is 5.63. The first-order valence-electron chi connectivity index (χ1n) is 4.68. The van der Waals surface area contributed by atoms with E-state index in [1.165, 1.54) is 0 Å². The minimum atomic E-state index is 0.480. The van der Waals surface area contributed by atoms with Crippen molar-refractivity contribution in [3.05, 3.63) is 51.5 Å². The standard InChI is InChI=1S/C12H11IO2/c1-9-6-7-10(15-9)8-14-12-5-3-2-4-11(12)13/h2-7H,8H2,1H3. The van der Waals surface area contributed by atoms with Crippen molar-refractivity contribution in [1.82, 2.24) is 0 Å². The Morgan fingerprint density at radius 3 is 2.67 bits per heavy atom. The molecule has 0 atom stereocenters. The van der Waals surface area contributed by atoms with Crippen LogP contribution in [0, 0.1) is 10.5 Å². The number of hydrogen-bond donors (Lipinski definition) is 0. The third-order valence-electron chi connectivity index (χ3n) is 2.00. The number of hydrogen-bond acceptors (Lipinski definition) is 2. The van der Waals surface area contributed by atoms with Crippen LogP contribution >= 0.6 is 22.6 Å². The lowest BCUT2D eigenvalue weighted by Crippen LogP contribution is -1.95. The molecule has 2 nitrogen and oxygen atoms in total. The molecule has 0 aliphatic heterocycles.